The summed E-state index contributed by atoms with van der Waals surface area (Å²) in [5.74, 6) is -1.05. The molecular formula is C18H14FN3O6S2. The Morgan fingerprint density at radius 3 is 2.57 bits per heavy atom. The van der Waals surface area contributed by atoms with Crippen molar-refractivity contribution in [2.75, 3.05) is 12.4 Å². The van der Waals surface area contributed by atoms with Crippen molar-refractivity contribution in [1.29, 1.82) is 0 Å². The van der Waals surface area contributed by atoms with Crippen molar-refractivity contribution in [3.8, 4) is 5.75 Å². The standard InChI is InChI=1S/C18H14FN3O6S2/c1-28-15-7-2-11(8-14(15)19)9-16(23)21-18-20-10-17(29-18)30(26,27)13-5-3-12(4-6-13)22(24)25/h2-8,10H,9H2,1H3,(H,20,21,23). The third-order valence-corrected chi connectivity index (χ3v) is 7.08. The van der Waals surface area contributed by atoms with Gasteiger partial charge in [0.25, 0.3) is 5.69 Å². The summed E-state index contributed by atoms with van der Waals surface area (Å²) < 4.78 is 43.7. The van der Waals surface area contributed by atoms with Gasteiger partial charge in [-0.05, 0) is 29.8 Å². The number of aromatic nitrogens is 1. The average Bonchev–Trinajstić information content (AvgIpc) is 3.17. The van der Waals surface area contributed by atoms with Gasteiger partial charge < -0.3 is 10.1 Å². The Hall–Kier alpha value is -3.38. The predicted octanol–water partition coefficient (Wildman–Crippen LogP) is 3.21. The number of nitro groups is 1. The summed E-state index contributed by atoms with van der Waals surface area (Å²) in [6.07, 6.45) is 0.939. The Morgan fingerprint density at radius 1 is 1.27 bits per heavy atom. The molecule has 9 nitrogen and oxygen atoms in total. The first-order valence-corrected chi connectivity index (χ1v) is 10.6. The van der Waals surface area contributed by atoms with Crippen molar-refractivity contribution in [3.05, 3.63) is 70.2 Å². The number of methoxy groups -OCH3 is 1. The van der Waals surface area contributed by atoms with E-state index in [1.807, 2.05) is 0 Å². The molecule has 2 aromatic carbocycles. The number of carbonyl (C=O) groups excluding carboxylic acids is 1. The molecule has 0 saturated heterocycles. The monoisotopic (exact) mass is 451 g/mol. The summed E-state index contributed by atoms with van der Waals surface area (Å²) in [4.78, 5) is 26.0. The van der Waals surface area contributed by atoms with Gasteiger partial charge in [-0.2, -0.15) is 0 Å². The lowest BCUT2D eigenvalue weighted by atomic mass is 10.1. The molecule has 1 heterocycles. The van der Waals surface area contributed by atoms with Gasteiger partial charge in [0.05, 0.1) is 29.5 Å². The van der Waals surface area contributed by atoms with Gasteiger partial charge in [0.1, 0.15) is 4.21 Å². The Balaban J connectivity index is 1.71. The second-order valence-corrected chi connectivity index (χ2v) is 9.14. The molecule has 0 unspecified atom stereocenters. The van der Waals surface area contributed by atoms with E-state index in [1.165, 1.54) is 25.3 Å². The quantitative estimate of drug-likeness (QED) is 0.431. The Morgan fingerprint density at radius 2 is 1.97 bits per heavy atom. The minimum atomic E-state index is -3.95. The molecule has 0 saturated carbocycles. The minimum Gasteiger partial charge on any atom is -0.494 e. The second kappa shape index (κ2) is 8.55. The number of hydrogen-bond acceptors (Lipinski definition) is 8. The number of rotatable bonds is 7. The number of nitro benzene ring substituents is 1. The van der Waals surface area contributed by atoms with Gasteiger partial charge in [0.15, 0.2) is 16.7 Å². The van der Waals surface area contributed by atoms with Gasteiger partial charge >= 0.3 is 0 Å². The number of nitrogens with one attached hydrogen (secondary N) is 1. The zero-order chi connectivity index (χ0) is 21.9. The van der Waals surface area contributed by atoms with Crippen molar-refractivity contribution < 1.29 is 27.3 Å². The van der Waals surface area contributed by atoms with Gasteiger partial charge in [-0.15, -0.1) is 0 Å². The van der Waals surface area contributed by atoms with E-state index in [9.17, 15) is 27.7 Å². The largest absolute Gasteiger partial charge is 0.494 e. The first kappa shape index (κ1) is 21.3. The normalized spacial score (nSPS) is 11.1. The number of non-ortho nitro benzene ring substituents is 1. The maximum Gasteiger partial charge on any atom is 0.269 e. The minimum absolute atomic E-state index is 0.0504. The fraction of sp³-hybridized carbons (Fsp3) is 0.111. The number of thiazole rings is 1. The van der Waals surface area contributed by atoms with E-state index in [0.717, 1.165) is 41.8 Å². The summed E-state index contributed by atoms with van der Waals surface area (Å²) in [6, 6.07) is 8.54. The number of sulfone groups is 1. The smallest absolute Gasteiger partial charge is 0.269 e. The highest BCUT2D eigenvalue weighted by Crippen LogP contribution is 2.29. The van der Waals surface area contributed by atoms with E-state index in [0.29, 0.717) is 5.56 Å². The van der Waals surface area contributed by atoms with Crippen LogP contribution in [0.15, 0.2) is 57.8 Å². The number of halogens is 1. The molecule has 156 valence electrons. The third-order valence-electron chi connectivity index (χ3n) is 3.93. The molecule has 12 heteroatoms. The van der Waals surface area contributed by atoms with Crippen LogP contribution in [0, 0.1) is 15.9 Å². The van der Waals surface area contributed by atoms with E-state index < -0.39 is 26.5 Å². The van der Waals surface area contributed by atoms with E-state index >= 15 is 0 Å². The first-order valence-electron chi connectivity index (χ1n) is 8.28. The number of amides is 1. The topological polar surface area (TPSA) is 128 Å². The summed E-state index contributed by atoms with van der Waals surface area (Å²) in [7, 11) is -2.62. The molecule has 3 rings (SSSR count). The van der Waals surface area contributed by atoms with E-state index in [4.69, 9.17) is 4.74 Å². The summed E-state index contributed by atoms with van der Waals surface area (Å²) in [5, 5.41) is 13.2. The van der Waals surface area contributed by atoms with Crippen LogP contribution in [-0.4, -0.2) is 31.3 Å². The predicted molar refractivity (Wildman–Crippen MR) is 106 cm³/mol. The molecule has 0 spiro atoms. The van der Waals surface area contributed by atoms with Crippen LogP contribution in [0.4, 0.5) is 15.2 Å². The van der Waals surface area contributed by atoms with Crippen LogP contribution < -0.4 is 10.1 Å². The number of hydrogen-bond donors (Lipinski definition) is 1. The van der Waals surface area contributed by atoms with Crippen LogP contribution >= 0.6 is 11.3 Å². The van der Waals surface area contributed by atoms with Crippen LogP contribution in [0.2, 0.25) is 0 Å². The Labute approximate surface area is 174 Å². The molecule has 0 aliphatic rings. The number of nitrogens with zero attached hydrogens (tertiary/aromatic N) is 2. The highest BCUT2D eigenvalue weighted by Gasteiger charge is 2.22. The lowest BCUT2D eigenvalue weighted by molar-refractivity contribution is -0.384. The zero-order valence-electron chi connectivity index (χ0n) is 15.4. The third kappa shape index (κ3) is 4.60. The van der Waals surface area contributed by atoms with Gasteiger partial charge in [0, 0.05) is 12.1 Å². The number of anilines is 1. The molecule has 0 fully saturated rings. The lowest BCUT2D eigenvalue weighted by Crippen LogP contribution is -2.14. The Bertz CT molecular complexity index is 1210. The molecule has 1 amide bonds. The van der Waals surface area contributed by atoms with Crippen molar-refractivity contribution in [2.45, 2.75) is 15.5 Å². The molecule has 3 aromatic rings. The molecule has 1 aromatic heterocycles. The van der Waals surface area contributed by atoms with Crippen LogP contribution in [0.3, 0.4) is 0 Å². The van der Waals surface area contributed by atoms with Crippen LogP contribution in [0.1, 0.15) is 5.56 Å². The maximum atomic E-state index is 13.7. The fourth-order valence-electron chi connectivity index (χ4n) is 2.47. The molecule has 0 radical (unpaired) electrons. The highest BCUT2D eigenvalue weighted by atomic mass is 32.2. The molecule has 0 atom stereocenters. The molecule has 0 aliphatic heterocycles. The lowest BCUT2D eigenvalue weighted by Gasteiger charge is -2.05. The summed E-state index contributed by atoms with van der Waals surface area (Å²) in [6.45, 7) is 0. The Kier molecular flexibility index (Phi) is 6.08. The zero-order valence-corrected chi connectivity index (χ0v) is 17.0. The first-order chi connectivity index (χ1) is 14.2. The molecule has 30 heavy (non-hydrogen) atoms. The molecule has 0 bridgehead atoms. The van der Waals surface area contributed by atoms with Gasteiger partial charge in [-0.3, -0.25) is 14.9 Å². The number of ether oxygens (including phenoxy) is 1. The van der Waals surface area contributed by atoms with E-state index in [-0.39, 0.29) is 32.1 Å². The van der Waals surface area contributed by atoms with Crippen LogP contribution in [-0.2, 0) is 21.1 Å². The van der Waals surface area contributed by atoms with Crippen LogP contribution in [0.25, 0.3) is 0 Å². The number of benzene rings is 2. The van der Waals surface area contributed by atoms with E-state index in [2.05, 4.69) is 10.3 Å². The number of carbonyl (C=O) groups is 1. The molecule has 1 N–H and O–H groups in total. The SMILES string of the molecule is COc1ccc(CC(=O)Nc2ncc(S(=O)(=O)c3ccc([N+](=O)[O-])cc3)s2)cc1F. The molecular weight excluding hydrogens is 437 g/mol. The van der Waals surface area contributed by atoms with E-state index in [1.54, 1.807) is 0 Å². The highest BCUT2D eigenvalue weighted by molar-refractivity contribution is 7.93. The van der Waals surface area contributed by atoms with Gasteiger partial charge in [-0.1, -0.05) is 17.4 Å². The summed E-state index contributed by atoms with van der Waals surface area (Å²) >= 11 is 0.734. The molecule has 0 aliphatic carbocycles. The van der Waals surface area contributed by atoms with Crippen molar-refractivity contribution in [2.24, 2.45) is 0 Å². The van der Waals surface area contributed by atoms with Crippen molar-refractivity contribution in [3.63, 3.8) is 0 Å². The van der Waals surface area contributed by atoms with Gasteiger partial charge in [-0.25, -0.2) is 17.8 Å². The van der Waals surface area contributed by atoms with Crippen LogP contribution in [0.5, 0.6) is 5.75 Å². The van der Waals surface area contributed by atoms with Crippen molar-refractivity contribution in [1.82, 2.24) is 4.98 Å². The van der Waals surface area contributed by atoms with Gasteiger partial charge in [0.2, 0.25) is 15.7 Å². The summed E-state index contributed by atoms with van der Waals surface area (Å²) in [5.41, 5.74) is 0.169. The second-order valence-electron chi connectivity index (χ2n) is 5.93. The maximum absolute atomic E-state index is 13.7. The fourth-order valence-corrected chi connectivity index (χ4v) is 4.92. The average molecular weight is 451 g/mol. The van der Waals surface area contributed by atoms with Crippen molar-refractivity contribution >= 4 is 37.9 Å².